The molecule has 0 bridgehead atoms. The van der Waals surface area contributed by atoms with Crippen molar-refractivity contribution >= 4 is 10.2 Å². The summed E-state index contributed by atoms with van der Waals surface area (Å²) in [5.41, 5.74) is -0.401. The maximum absolute atomic E-state index is 11.9. The lowest BCUT2D eigenvalue weighted by atomic mass is 10.0. The summed E-state index contributed by atoms with van der Waals surface area (Å²) in [6, 6.07) is 0. The third kappa shape index (κ3) is 4.09. The second-order valence-electron chi connectivity index (χ2n) is 5.44. The van der Waals surface area contributed by atoms with Crippen LogP contribution < -0.4 is 4.72 Å². The Hall–Kier alpha value is -0.130. The van der Waals surface area contributed by atoms with E-state index in [-0.39, 0.29) is 0 Å². The minimum Gasteiger partial charge on any atom is -0.197 e. The van der Waals surface area contributed by atoms with Crippen LogP contribution >= 0.6 is 0 Å². The van der Waals surface area contributed by atoms with Gasteiger partial charge >= 0.3 is 0 Å². The number of hydrogen-bond donors (Lipinski definition) is 1. The normalized spacial score (nSPS) is 21.9. The second-order valence-corrected chi connectivity index (χ2v) is 7.11. The van der Waals surface area contributed by atoms with Gasteiger partial charge in [-0.2, -0.15) is 17.4 Å². The number of nitrogens with one attached hydrogen (secondary N) is 1. The van der Waals surface area contributed by atoms with Crippen LogP contribution in [0, 0.1) is 5.92 Å². The van der Waals surface area contributed by atoms with Crippen molar-refractivity contribution in [3.8, 4) is 0 Å². The first kappa shape index (κ1) is 12.9. The molecule has 1 fully saturated rings. The Labute approximate surface area is 93.2 Å². The van der Waals surface area contributed by atoms with E-state index >= 15 is 0 Å². The van der Waals surface area contributed by atoms with Crippen LogP contribution in [0.5, 0.6) is 0 Å². The molecule has 5 heteroatoms. The van der Waals surface area contributed by atoms with Crippen molar-refractivity contribution in [3.63, 3.8) is 0 Å². The quantitative estimate of drug-likeness (QED) is 0.784. The summed E-state index contributed by atoms with van der Waals surface area (Å²) in [7, 11) is -3.28. The first-order valence-electron chi connectivity index (χ1n) is 5.50. The predicted octanol–water partition coefficient (Wildman–Crippen LogP) is 1.35. The standard InChI is InChI=1S/C10H22N2O2S/c1-9-5-7-12(8-6-9)15(13,14)11-10(2,3)4/h9,11H,5-8H2,1-4H3. The van der Waals surface area contributed by atoms with E-state index in [4.69, 9.17) is 0 Å². The summed E-state index contributed by atoms with van der Waals surface area (Å²) in [5.74, 6) is 0.645. The Kier molecular flexibility index (Phi) is 3.79. The molecule has 90 valence electrons. The smallest absolute Gasteiger partial charge is 0.197 e. The highest BCUT2D eigenvalue weighted by Crippen LogP contribution is 2.18. The van der Waals surface area contributed by atoms with E-state index in [1.54, 1.807) is 4.31 Å². The lowest BCUT2D eigenvalue weighted by Gasteiger charge is -2.32. The SMILES string of the molecule is CC1CCN(S(=O)(=O)NC(C)(C)C)CC1. The first-order valence-corrected chi connectivity index (χ1v) is 6.94. The van der Waals surface area contributed by atoms with Gasteiger partial charge in [-0.3, -0.25) is 0 Å². The lowest BCUT2D eigenvalue weighted by molar-refractivity contribution is 0.281. The Balaban J connectivity index is 2.63. The van der Waals surface area contributed by atoms with Crippen molar-refractivity contribution in [2.75, 3.05) is 13.1 Å². The van der Waals surface area contributed by atoms with Gasteiger partial charge in [0.2, 0.25) is 0 Å². The van der Waals surface area contributed by atoms with E-state index < -0.39 is 15.7 Å². The molecule has 1 heterocycles. The fourth-order valence-corrected chi connectivity index (χ4v) is 3.27. The molecule has 0 aromatic rings. The molecule has 0 aliphatic carbocycles. The molecule has 0 unspecified atom stereocenters. The zero-order chi connectivity index (χ0) is 11.7. The summed E-state index contributed by atoms with van der Waals surface area (Å²) < 4.78 is 28.1. The topological polar surface area (TPSA) is 49.4 Å². The Morgan fingerprint density at radius 3 is 2.07 bits per heavy atom. The number of piperidine rings is 1. The summed E-state index contributed by atoms with van der Waals surface area (Å²) >= 11 is 0. The van der Waals surface area contributed by atoms with Crippen molar-refractivity contribution < 1.29 is 8.42 Å². The van der Waals surface area contributed by atoms with Crippen molar-refractivity contribution in [1.82, 2.24) is 9.03 Å². The van der Waals surface area contributed by atoms with Crippen molar-refractivity contribution in [2.24, 2.45) is 5.92 Å². The van der Waals surface area contributed by atoms with E-state index in [9.17, 15) is 8.42 Å². The Morgan fingerprint density at radius 1 is 1.20 bits per heavy atom. The minimum atomic E-state index is -3.28. The number of nitrogens with zero attached hydrogens (tertiary/aromatic N) is 1. The molecule has 0 aromatic carbocycles. The van der Waals surface area contributed by atoms with Crippen LogP contribution in [0.2, 0.25) is 0 Å². The molecule has 0 radical (unpaired) electrons. The molecular formula is C10H22N2O2S. The van der Waals surface area contributed by atoms with Crippen LogP contribution in [0.15, 0.2) is 0 Å². The molecule has 0 saturated carbocycles. The fraction of sp³-hybridized carbons (Fsp3) is 1.00. The molecule has 1 aliphatic rings. The summed E-state index contributed by atoms with van der Waals surface area (Å²) in [6.45, 7) is 9.03. The van der Waals surface area contributed by atoms with Crippen molar-refractivity contribution in [3.05, 3.63) is 0 Å². The highest BCUT2D eigenvalue weighted by Gasteiger charge is 2.29. The average Bonchev–Trinajstić information content (AvgIpc) is 2.00. The van der Waals surface area contributed by atoms with Gasteiger partial charge in [-0.1, -0.05) is 6.92 Å². The van der Waals surface area contributed by atoms with Crippen LogP contribution in [0.3, 0.4) is 0 Å². The monoisotopic (exact) mass is 234 g/mol. The summed E-state index contributed by atoms with van der Waals surface area (Å²) in [4.78, 5) is 0. The van der Waals surface area contributed by atoms with Crippen LogP contribution in [-0.4, -0.2) is 31.4 Å². The van der Waals surface area contributed by atoms with Crippen LogP contribution in [0.4, 0.5) is 0 Å². The van der Waals surface area contributed by atoms with Gasteiger partial charge in [0.25, 0.3) is 10.2 Å². The van der Waals surface area contributed by atoms with Crippen molar-refractivity contribution in [2.45, 2.75) is 46.1 Å². The van der Waals surface area contributed by atoms with E-state index in [0.29, 0.717) is 19.0 Å². The van der Waals surface area contributed by atoms with Crippen LogP contribution in [-0.2, 0) is 10.2 Å². The van der Waals surface area contributed by atoms with E-state index in [1.165, 1.54) is 0 Å². The average molecular weight is 234 g/mol. The highest BCUT2D eigenvalue weighted by molar-refractivity contribution is 7.87. The first-order chi connectivity index (χ1) is 6.71. The Bertz CT molecular complexity index is 298. The zero-order valence-corrected chi connectivity index (χ0v) is 10.9. The van der Waals surface area contributed by atoms with Crippen LogP contribution in [0.1, 0.15) is 40.5 Å². The van der Waals surface area contributed by atoms with Gasteiger partial charge in [-0.25, -0.2) is 0 Å². The van der Waals surface area contributed by atoms with Crippen LogP contribution in [0.25, 0.3) is 0 Å². The maximum atomic E-state index is 11.9. The highest BCUT2D eigenvalue weighted by atomic mass is 32.2. The van der Waals surface area contributed by atoms with E-state index in [2.05, 4.69) is 11.6 Å². The van der Waals surface area contributed by atoms with Gasteiger partial charge in [-0.05, 0) is 39.5 Å². The van der Waals surface area contributed by atoms with Gasteiger partial charge in [-0.15, -0.1) is 0 Å². The molecular weight excluding hydrogens is 212 g/mol. The lowest BCUT2D eigenvalue weighted by Crippen LogP contribution is -2.50. The molecule has 4 nitrogen and oxygen atoms in total. The molecule has 1 N–H and O–H groups in total. The molecule has 1 saturated heterocycles. The number of hydrogen-bond acceptors (Lipinski definition) is 2. The molecule has 0 amide bonds. The molecule has 1 rings (SSSR count). The van der Waals surface area contributed by atoms with E-state index in [1.807, 2.05) is 20.8 Å². The summed E-state index contributed by atoms with van der Waals surface area (Å²) in [5, 5.41) is 0. The second kappa shape index (κ2) is 4.39. The minimum absolute atomic E-state index is 0.401. The predicted molar refractivity (Wildman–Crippen MR) is 61.8 cm³/mol. The van der Waals surface area contributed by atoms with Gasteiger partial charge in [0.1, 0.15) is 0 Å². The molecule has 0 spiro atoms. The fourth-order valence-electron chi connectivity index (χ4n) is 1.68. The van der Waals surface area contributed by atoms with Gasteiger partial charge in [0.15, 0.2) is 0 Å². The third-order valence-electron chi connectivity index (χ3n) is 2.52. The third-order valence-corrected chi connectivity index (χ3v) is 4.43. The van der Waals surface area contributed by atoms with Gasteiger partial charge in [0.05, 0.1) is 0 Å². The van der Waals surface area contributed by atoms with E-state index in [0.717, 1.165) is 12.8 Å². The van der Waals surface area contributed by atoms with Gasteiger partial charge < -0.3 is 0 Å². The van der Waals surface area contributed by atoms with Gasteiger partial charge in [0, 0.05) is 18.6 Å². The molecule has 1 aliphatic heterocycles. The molecule has 15 heavy (non-hydrogen) atoms. The number of rotatable bonds is 2. The molecule has 0 atom stereocenters. The summed E-state index contributed by atoms with van der Waals surface area (Å²) in [6.07, 6.45) is 1.93. The zero-order valence-electron chi connectivity index (χ0n) is 10.1. The largest absolute Gasteiger partial charge is 0.279 e. The Morgan fingerprint density at radius 2 is 1.67 bits per heavy atom. The maximum Gasteiger partial charge on any atom is 0.279 e. The molecule has 0 aromatic heterocycles. The van der Waals surface area contributed by atoms with Crippen molar-refractivity contribution in [1.29, 1.82) is 0 Å².